The number of rotatable bonds is 5. The van der Waals surface area contributed by atoms with E-state index in [0.29, 0.717) is 29.7 Å². The minimum Gasteiger partial charge on any atom is -0.497 e. The molecule has 3 rings (SSSR count). The second-order valence-corrected chi connectivity index (χ2v) is 7.72. The van der Waals surface area contributed by atoms with Crippen LogP contribution in [0.15, 0.2) is 47.9 Å². The normalized spacial score (nSPS) is 17.3. The van der Waals surface area contributed by atoms with Crippen LogP contribution in [0.2, 0.25) is 0 Å². The number of benzene rings is 1. The zero-order valence-corrected chi connectivity index (χ0v) is 13.9. The van der Waals surface area contributed by atoms with Gasteiger partial charge in [-0.3, -0.25) is 0 Å². The summed E-state index contributed by atoms with van der Waals surface area (Å²) in [4.78, 5) is 4.34. The molecular weight excluding hydrogens is 314 g/mol. The Labute approximate surface area is 136 Å². The van der Waals surface area contributed by atoms with E-state index in [-0.39, 0.29) is 0 Å². The van der Waals surface area contributed by atoms with Crippen LogP contribution in [0.5, 0.6) is 5.75 Å². The van der Waals surface area contributed by atoms with Gasteiger partial charge in [0.05, 0.1) is 18.3 Å². The van der Waals surface area contributed by atoms with E-state index in [1.165, 1.54) is 7.11 Å². The van der Waals surface area contributed by atoms with Crippen LogP contribution in [0.25, 0.3) is 0 Å². The third kappa shape index (κ3) is 3.56. The summed E-state index contributed by atoms with van der Waals surface area (Å²) in [5.74, 6) is 1.04. The Hall–Kier alpha value is -1.86. The number of sulfonamides is 1. The van der Waals surface area contributed by atoms with E-state index in [1.54, 1.807) is 41.1 Å². The topological polar surface area (TPSA) is 64.4 Å². The van der Waals surface area contributed by atoms with Crippen molar-refractivity contribution in [1.82, 2.24) is 13.9 Å². The largest absolute Gasteiger partial charge is 0.497 e. The lowest BCUT2D eigenvalue weighted by Gasteiger charge is -2.31. The highest BCUT2D eigenvalue weighted by Gasteiger charge is 2.29. The molecule has 0 amide bonds. The first kappa shape index (κ1) is 16.0. The average Bonchev–Trinajstić information content (AvgIpc) is 3.08. The minimum absolute atomic E-state index is 0.296. The van der Waals surface area contributed by atoms with Gasteiger partial charge in [0, 0.05) is 38.1 Å². The van der Waals surface area contributed by atoms with Gasteiger partial charge in [-0.05, 0) is 30.9 Å². The number of methoxy groups -OCH3 is 1. The SMILES string of the molecule is COc1cccc(S(=O)(=O)N2CCC(Cn3ccnc3)CC2)c1. The highest BCUT2D eigenvalue weighted by molar-refractivity contribution is 7.89. The molecule has 23 heavy (non-hydrogen) atoms. The highest BCUT2D eigenvalue weighted by Crippen LogP contribution is 2.26. The van der Waals surface area contributed by atoms with Crippen LogP contribution in [-0.4, -0.2) is 42.5 Å². The van der Waals surface area contributed by atoms with Crippen molar-refractivity contribution in [3.8, 4) is 5.75 Å². The van der Waals surface area contributed by atoms with Crippen LogP contribution in [0.3, 0.4) is 0 Å². The molecule has 2 heterocycles. The third-order valence-corrected chi connectivity index (χ3v) is 6.18. The van der Waals surface area contributed by atoms with Gasteiger partial charge in [-0.2, -0.15) is 4.31 Å². The van der Waals surface area contributed by atoms with Gasteiger partial charge in [0.25, 0.3) is 0 Å². The van der Waals surface area contributed by atoms with Gasteiger partial charge in [0.1, 0.15) is 5.75 Å². The Balaban J connectivity index is 1.66. The van der Waals surface area contributed by atoms with E-state index < -0.39 is 10.0 Å². The number of piperidine rings is 1. The van der Waals surface area contributed by atoms with Crippen molar-refractivity contribution in [3.05, 3.63) is 43.0 Å². The number of nitrogens with zero attached hydrogens (tertiary/aromatic N) is 3. The van der Waals surface area contributed by atoms with E-state index in [1.807, 2.05) is 6.20 Å². The molecule has 0 aliphatic carbocycles. The summed E-state index contributed by atoms with van der Waals surface area (Å²) in [7, 11) is -1.91. The van der Waals surface area contributed by atoms with Crippen LogP contribution >= 0.6 is 0 Å². The zero-order chi connectivity index (χ0) is 16.3. The van der Waals surface area contributed by atoms with Crippen molar-refractivity contribution in [2.45, 2.75) is 24.3 Å². The molecule has 6 nitrogen and oxygen atoms in total. The van der Waals surface area contributed by atoms with Crippen molar-refractivity contribution >= 4 is 10.0 Å². The van der Waals surface area contributed by atoms with Crippen molar-refractivity contribution < 1.29 is 13.2 Å². The first-order valence-electron chi connectivity index (χ1n) is 7.69. The summed E-state index contributed by atoms with van der Waals surface area (Å²) in [6, 6.07) is 6.65. The van der Waals surface area contributed by atoms with Crippen molar-refractivity contribution in [3.63, 3.8) is 0 Å². The maximum absolute atomic E-state index is 12.7. The molecule has 1 fully saturated rings. The number of aromatic nitrogens is 2. The molecule has 0 N–H and O–H groups in total. The molecule has 0 radical (unpaired) electrons. The molecule has 1 aliphatic rings. The van der Waals surface area contributed by atoms with E-state index >= 15 is 0 Å². The van der Waals surface area contributed by atoms with Gasteiger partial charge in [-0.25, -0.2) is 13.4 Å². The first-order chi connectivity index (χ1) is 11.1. The maximum Gasteiger partial charge on any atom is 0.243 e. The monoisotopic (exact) mass is 335 g/mol. The van der Waals surface area contributed by atoms with Crippen LogP contribution in [-0.2, 0) is 16.6 Å². The second kappa shape index (κ2) is 6.72. The van der Waals surface area contributed by atoms with E-state index in [9.17, 15) is 8.42 Å². The molecule has 124 valence electrons. The van der Waals surface area contributed by atoms with Crippen LogP contribution in [0, 0.1) is 5.92 Å². The fraction of sp³-hybridized carbons (Fsp3) is 0.438. The Kier molecular flexibility index (Phi) is 4.68. The summed E-state index contributed by atoms with van der Waals surface area (Å²) in [6.07, 6.45) is 7.24. The summed E-state index contributed by atoms with van der Waals surface area (Å²) in [6.45, 7) is 2.00. The van der Waals surface area contributed by atoms with Gasteiger partial charge < -0.3 is 9.30 Å². The fourth-order valence-electron chi connectivity index (χ4n) is 2.94. The van der Waals surface area contributed by atoms with Gasteiger partial charge in [-0.15, -0.1) is 0 Å². The van der Waals surface area contributed by atoms with Crippen molar-refractivity contribution in [2.24, 2.45) is 5.92 Å². The molecule has 1 saturated heterocycles. The molecule has 1 aromatic carbocycles. The standard InChI is InChI=1S/C16H21N3O3S/c1-22-15-3-2-4-16(11-15)23(20,21)19-8-5-14(6-9-19)12-18-10-7-17-13-18/h2-4,7,10-11,13-14H,5-6,8-9,12H2,1H3. The Bertz CT molecular complexity index is 736. The highest BCUT2D eigenvalue weighted by atomic mass is 32.2. The van der Waals surface area contributed by atoms with Crippen LogP contribution in [0.1, 0.15) is 12.8 Å². The number of imidazole rings is 1. The number of ether oxygens (including phenoxy) is 1. The molecule has 2 aromatic rings. The second-order valence-electron chi connectivity index (χ2n) is 5.79. The molecule has 0 bridgehead atoms. The van der Waals surface area contributed by atoms with Crippen molar-refractivity contribution in [2.75, 3.05) is 20.2 Å². The molecule has 0 saturated carbocycles. The van der Waals surface area contributed by atoms with Gasteiger partial charge in [0.2, 0.25) is 10.0 Å². The molecule has 0 atom stereocenters. The van der Waals surface area contributed by atoms with E-state index in [4.69, 9.17) is 4.74 Å². The number of hydrogen-bond donors (Lipinski definition) is 0. The quantitative estimate of drug-likeness (QED) is 0.838. The maximum atomic E-state index is 12.7. The summed E-state index contributed by atoms with van der Waals surface area (Å²) < 4.78 is 34.2. The summed E-state index contributed by atoms with van der Waals surface area (Å²) >= 11 is 0. The number of hydrogen-bond acceptors (Lipinski definition) is 4. The molecule has 7 heteroatoms. The van der Waals surface area contributed by atoms with Crippen LogP contribution in [0.4, 0.5) is 0 Å². The van der Waals surface area contributed by atoms with Gasteiger partial charge >= 0.3 is 0 Å². The Morgan fingerprint density at radius 1 is 1.30 bits per heavy atom. The average molecular weight is 335 g/mol. The minimum atomic E-state index is -3.45. The lowest BCUT2D eigenvalue weighted by Crippen LogP contribution is -2.39. The zero-order valence-electron chi connectivity index (χ0n) is 13.1. The molecule has 0 unspecified atom stereocenters. The van der Waals surface area contributed by atoms with Gasteiger partial charge in [-0.1, -0.05) is 6.07 Å². The predicted molar refractivity (Wildman–Crippen MR) is 86.7 cm³/mol. The lowest BCUT2D eigenvalue weighted by atomic mass is 9.98. The molecular formula is C16H21N3O3S. The Morgan fingerprint density at radius 3 is 2.74 bits per heavy atom. The molecule has 0 spiro atoms. The van der Waals surface area contributed by atoms with E-state index in [2.05, 4.69) is 9.55 Å². The predicted octanol–water partition coefficient (Wildman–Crippen LogP) is 1.99. The summed E-state index contributed by atoms with van der Waals surface area (Å²) in [5.41, 5.74) is 0. The van der Waals surface area contributed by atoms with Gasteiger partial charge in [0.15, 0.2) is 0 Å². The molecule has 1 aliphatic heterocycles. The molecule has 1 aromatic heterocycles. The smallest absolute Gasteiger partial charge is 0.243 e. The summed E-state index contributed by atoms with van der Waals surface area (Å²) in [5, 5.41) is 0. The first-order valence-corrected chi connectivity index (χ1v) is 9.13. The third-order valence-electron chi connectivity index (χ3n) is 4.28. The van der Waals surface area contributed by atoms with Crippen molar-refractivity contribution in [1.29, 1.82) is 0 Å². The Morgan fingerprint density at radius 2 is 2.09 bits per heavy atom. The fourth-order valence-corrected chi connectivity index (χ4v) is 4.44. The lowest BCUT2D eigenvalue weighted by molar-refractivity contribution is 0.253. The van der Waals surface area contributed by atoms with E-state index in [0.717, 1.165) is 19.4 Å². The van der Waals surface area contributed by atoms with Crippen LogP contribution < -0.4 is 4.74 Å².